The minimum atomic E-state index is -0.0168. The number of rotatable bonds is 5. The highest BCUT2D eigenvalue weighted by Gasteiger charge is 2.20. The van der Waals surface area contributed by atoms with Crippen molar-refractivity contribution in [2.75, 3.05) is 26.2 Å². The number of carbonyl (C=O) groups excluding carboxylic acids is 1. The zero-order chi connectivity index (χ0) is 15.4. The van der Waals surface area contributed by atoms with Gasteiger partial charge >= 0.3 is 0 Å². The molecule has 3 rings (SSSR count). The Bertz CT molecular complexity index is 632. The van der Waals surface area contributed by atoms with Gasteiger partial charge in [0.1, 0.15) is 0 Å². The van der Waals surface area contributed by atoms with E-state index in [0.717, 1.165) is 49.8 Å². The van der Waals surface area contributed by atoms with E-state index in [1.807, 2.05) is 18.2 Å². The number of hydrogen-bond donors (Lipinski definition) is 3. The van der Waals surface area contributed by atoms with Crippen LogP contribution in [-0.2, 0) is 0 Å². The number of benzene rings is 1. The number of amides is 1. The second kappa shape index (κ2) is 6.89. The van der Waals surface area contributed by atoms with E-state index in [9.17, 15) is 4.79 Å². The molecule has 1 aromatic heterocycles. The molecule has 0 aliphatic carbocycles. The standard InChI is InChI=1S/C16H22N4O2/c21-9-1-6-20-7-4-14(5-8-20)18-16(22)12-2-3-15-13(10-12)11-17-19-15/h2-3,10-11,14,21H,1,4-9H2,(H,17,19)(H,18,22). The summed E-state index contributed by atoms with van der Waals surface area (Å²) >= 11 is 0. The number of likely N-dealkylation sites (tertiary alicyclic amines) is 1. The molecule has 0 unspecified atom stereocenters. The van der Waals surface area contributed by atoms with E-state index >= 15 is 0 Å². The van der Waals surface area contributed by atoms with E-state index in [-0.39, 0.29) is 18.6 Å². The number of aliphatic hydroxyl groups excluding tert-OH is 1. The van der Waals surface area contributed by atoms with Crippen molar-refractivity contribution in [2.45, 2.75) is 25.3 Å². The van der Waals surface area contributed by atoms with Gasteiger partial charge in [-0.3, -0.25) is 9.89 Å². The lowest BCUT2D eigenvalue weighted by atomic mass is 10.0. The normalized spacial score (nSPS) is 17.0. The average Bonchev–Trinajstić information content (AvgIpc) is 3.01. The molecule has 1 aliphatic heterocycles. The van der Waals surface area contributed by atoms with Crippen LogP contribution in [0.5, 0.6) is 0 Å². The van der Waals surface area contributed by atoms with Crippen LogP contribution in [0.2, 0.25) is 0 Å². The summed E-state index contributed by atoms with van der Waals surface area (Å²) in [6.07, 6.45) is 4.48. The molecule has 0 spiro atoms. The van der Waals surface area contributed by atoms with Gasteiger partial charge in [-0.1, -0.05) is 0 Å². The van der Waals surface area contributed by atoms with Crippen LogP contribution in [0, 0.1) is 0 Å². The third kappa shape index (κ3) is 3.45. The number of aromatic amines is 1. The van der Waals surface area contributed by atoms with Crippen LogP contribution in [0.25, 0.3) is 10.9 Å². The first-order chi connectivity index (χ1) is 10.8. The molecule has 1 saturated heterocycles. The quantitative estimate of drug-likeness (QED) is 0.773. The van der Waals surface area contributed by atoms with E-state index in [0.29, 0.717) is 5.56 Å². The molecule has 3 N–H and O–H groups in total. The van der Waals surface area contributed by atoms with Gasteiger partial charge in [-0.2, -0.15) is 5.10 Å². The first-order valence-electron chi connectivity index (χ1n) is 7.83. The second-order valence-electron chi connectivity index (χ2n) is 5.84. The Morgan fingerprint density at radius 3 is 3.00 bits per heavy atom. The average molecular weight is 302 g/mol. The summed E-state index contributed by atoms with van der Waals surface area (Å²) in [5.41, 5.74) is 1.62. The lowest BCUT2D eigenvalue weighted by molar-refractivity contribution is 0.0909. The lowest BCUT2D eigenvalue weighted by Crippen LogP contribution is -2.44. The Morgan fingerprint density at radius 1 is 1.41 bits per heavy atom. The molecular weight excluding hydrogens is 280 g/mol. The minimum Gasteiger partial charge on any atom is -0.396 e. The van der Waals surface area contributed by atoms with Gasteiger partial charge in [0.25, 0.3) is 5.91 Å². The molecular formula is C16H22N4O2. The first-order valence-corrected chi connectivity index (χ1v) is 7.83. The predicted octanol–water partition coefficient (Wildman–Crippen LogP) is 1.14. The van der Waals surface area contributed by atoms with Gasteiger partial charge in [0, 0.05) is 43.2 Å². The molecule has 118 valence electrons. The molecule has 0 atom stereocenters. The molecule has 6 heteroatoms. The SMILES string of the molecule is O=C(NC1CCN(CCCO)CC1)c1ccc2[nH]ncc2c1. The Morgan fingerprint density at radius 2 is 2.23 bits per heavy atom. The summed E-state index contributed by atoms with van der Waals surface area (Å²) in [7, 11) is 0. The maximum Gasteiger partial charge on any atom is 0.251 e. The molecule has 0 bridgehead atoms. The van der Waals surface area contributed by atoms with E-state index in [2.05, 4.69) is 20.4 Å². The number of hydrogen-bond acceptors (Lipinski definition) is 4. The van der Waals surface area contributed by atoms with E-state index in [1.165, 1.54) is 0 Å². The Balaban J connectivity index is 1.54. The van der Waals surface area contributed by atoms with Crippen LogP contribution in [0.4, 0.5) is 0 Å². The summed E-state index contributed by atoms with van der Waals surface area (Å²) in [5.74, 6) is -0.0168. The summed E-state index contributed by atoms with van der Waals surface area (Å²) in [6, 6.07) is 5.81. The molecule has 0 saturated carbocycles. The molecule has 1 aromatic carbocycles. The molecule has 6 nitrogen and oxygen atoms in total. The Labute approximate surface area is 129 Å². The van der Waals surface area contributed by atoms with Crippen molar-refractivity contribution in [3.05, 3.63) is 30.0 Å². The monoisotopic (exact) mass is 302 g/mol. The number of H-pyrrole nitrogens is 1. The van der Waals surface area contributed by atoms with Gasteiger partial charge in [0.2, 0.25) is 0 Å². The summed E-state index contributed by atoms with van der Waals surface area (Å²) < 4.78 is 0. The molecule has 1 aliphatic rings. The van der Waals surface area contributed by atoms with Gasteiger partial charge in [-0.05, 0) is 37.5 Å². The van der Waals surface area contributed by atoms with Crippen LogP contribution in [-0.4, -0.2) is 58.4 Å². The second-order valence-corrected chi connectivity index (χ2v) is 5.84. The van der Waals surface area contributed by atoms with Crippen molar-refractivity contribution in [3.63, 3.8) is 0 Å². The van der Waals surface area contributed by atoms with Crippen molar-refractivity contribution >= 4 is 16.8 Å². The van der Waals surface area contributed by atoms with Crippen molar-refractivity contribution < 1.29 is 9.90 Å². The van der Waals surface area contributed by atoms with Crippen LogP contribution in [0.15, 0.2) is 24.4 Å². The van der Waals surface area contributed by atoms with Gasteiger partial charge in [0.05, 0.1) is 11.7 Å². The lowest BCUT2D eigenvalue weighted by Gasteiger charge is -2.32. The van der Waals surface area contributed by atoms with Gasteiger partial charge in [-0.15, -0.1) is 0 Å². The summed E-state index contributed by atoms with van der Waals surface area (Å²) in [4.78, 5) is 14.7. The highest BCUT2D eigenvalue weighted by molar-refractivity contribution is 5.97. The Hall–Kier alpha value is -1.92. The first kappa shape index (κ1) is 15.0. The van der Waals surface area contributed by atoms with Crippen molar-refractivity contribution in [3.8, 4) is 0 Å². The van der Waals surface area contributed by atoms with Crippen LogP contribution in [0.1, 0.15) is 29.6 Å². The van der Waals surface area contributed by atoms with Crippen LogP contribution < -0.4 is 5.32 Å². The van der Waals surface area contributed by atoms with Gasteiger partial charge in [-0.25, -0.2) is 0 Å². The number of fused-ring (bicyclic) bond motifs is 1. The van der Waals surface area contributed by atoms with Crippen LogP contribution in [0.3, 0.4) is 0 Å². The maximum absolute atomic E-state index is 12.3. The zero-order valence-electron chi connectivity index (χ0n) is 12.6. The third-order valence-corrected chi connectivity index (χ3v) is 4.26. The summed E-state index contributed by atoms with van der Waals surface area (Å²) in [6.45, 7) is 3.14. The number of aromatic nitrogens is 2. The maximum atomic E-state index is 12.3. The molecule has 2 aromatic rings. The molecule has 22 heavy (non-hydrogen) atoms. The van der Waals surface area contributed by atoms with Crippen molar-refractivity contribution in [1.82, 2.24) is 20.4 Å². The van der Waals surface area contributed by atoms with Crippen molar-refractivity contribution in [1.29, 1.82) is 0 Å². The topological polar surface area (TPSA) is 81.3 Å². The largest absolute Gasteiger partial charge is 0.396 e. The van der Waals surface area contributed by atoms with Crippen molar-refractivity contribution in [2.24, 2.45) is 0 Å². The number of nitrogens with zero attached hydrogens (tertiary/aromatic N) is 2. The fourth-order valence-corrected chi connectivity index (χ4v) is 2.95. The highest BCUT2D eigenvalue weighted by Crippen LogP contribution is 2.15. The van der Waals surface area contributed by atoms with Gasteiger partial charge < -0.3 is 15.3 Å². The van der Waals surface area contributed by atoms with Gasteiger partial charge in [0.15, 0.2) is 0 Å². The van der Waals surface area contributed by atoms with E-state index in [4.69, 9.17) is 5.11 Å². The van der Waals surface area contributed by atoms with Crippen LogP contribution >= 0.6 is 0 Å². The Kier molecular flexibility index (Phi) is 4.70. The van der Waals surface area contributed by atoms with E-state index in [1.54, 1.807) is 6.20 Å². The zero-order valence-corrected chi connectivity index (χ0v) is 12.6. The molecule has 1 fully saturated rings. The number of piperidine rings is 1. The smallest absolute Gasteiger partial charge is 0.251 e. The number of aliphatic hydroxyl groups is 1. The predicted molar refractivity (Wildman–Crippen MR) is 84.7 cm³/mol. The van der Waals surface area contributed by atoms with E-state index < -0.39 is 0 Å². The minimum absolute atomic E-state index is 0.0168. The molecule has 1 amide bonds. The molecule has 0 radical (unpaired) electrons. The molecule has 2 heterocycles. The highest BCUT2D eigenvalue weighted by atomic mass is 16.3. The fraction of sp³-hybridized carbons (Fsp3) is 0.500. The fourth-order valence-electron chi connectivity index (χ4n) is 2.95. The number of nitrogens with one attached hydrogen (secondary N) is 2. The third-order valence-electron chi connectivity index (χ3n) is 4.26. The summed E-state index contributed by atoms with van der Waals surface area (Å²) in [5, 5.41) is 19.8. The number of carbonyl (C=O) groups is 1.